The molecule has 0 spiro atoms. The number of thioether (sulfide) groups is 1. The van der Waals surface area contributed by atoms with E-state index in [-0.39, 0.29) is 6.42 Å². The normalized spacial score (nSPS) is 12.9. The molecular weight excluding hydrogens is 282 g/mol. The number of hydrogen-bond acceptors (Lipinski definition) is 6. The molecule has 1 heterocycles. The molecule has 0 aliphatic heterocycles. The predicted octanol–water partition coefficient (Wildman–Crippen LogP) is -1.08. The smallest absolute Gasteiger partial charge is 0.320 e. The van der Waals surface area contributed by atoms with Gasteiger partial charge in [-0.15, -0.1) is 0 Å². The van der Waals surface area contributed by atoms with Crippen molar-refractivity contribution in [2.45, 2.75) is 24.9 Å². The summed E-state index contributed by atoms with van der Waals surface area (Å²) >= 11 is 1.66. The van der Waals surface area contributed by atoms with Crippen LogP contribution in [0.5, 0.6) is 0 Å². The minimum atomic E-state index is -1.01. The quantitative estimate of drug-likeness (QED) is 0.427. The zero-order valence-corrected chi connectivity index (χ0v) is 12.1. The molecule has 1 aromatic rings. The monoisotopic (exact) mass is 303 g/mol. The van der Waals surface area contributed by atoms with Crippen molar-refractivity contribution in [3.05, 3.63) is 18.2 Å². The topological polar surface area (TPSA) is 161 Å². The second kappa shape index (κ2) is 10.2. The van der Waals surface area contributed by atoms with Crippen LogP contribution in [0.2, 0.25) is 0 Å². The Morgan fingerprint density at radius 1 is 1.45 bits per heavy atom. The second-order valence-electron chi connectivity index (χ2n) is 4.00. The molecule has 20 heavy (non-hydrogen) atoms. The number of primary amides is 1. The standard InChI is InChI=1S/C6H9N3O2.C5H12N2OS/c7-5(6(10)11)1-4-2-8-3-9-4;1-9-3-2-4(6)5(7)8/h2-3,5H,1,7H2,(H,8,9)(H,10,11);4H,2-3,6H2,1H3,(H2,7,8)/t5-;4-/m00/s1. The molecule has 0 bridgehead atoms. The molecule has 0 fully saturated rings. The number of nitrogens with zero attached hydrogens (tertiary/aromatic N) is 1. The van der Waals surface area contributed by atoms with Crippen LogP contribution in [0.4, 0.5) is 0 Å². The third kappa shape index (κ3) is 8.51. The minimum Gasteiger partial charge on any atom is -0.480 e. The van der Waals surface area contributed by atoms with Gasteiger partial charge in [-0.05, 0) is 18.4 Å². The number of imidazole rings is 1. The molecule has 1 aromatic heterocycles. The van der Waals surface area contributed by atoms with E-state index in [4.69, 9.17) is 22.3 Å². The first-order valence-electron chi connectivity index (χ1n) is 5.88. The van der Waals surface area contributed by atoms with Crippen LogP contribution in [0.25, 0.3) is 0 Å². The van der Waals surface area contributed by atoms with Gasteiger partial charge in [0.25, 0.3) is 0 Å². The Kier molecular flexibility index (Phi) is 9.43. The molecule has 8 N–H and O–H groups in total. The van der Waals surface area contributed by atoms with Gasteiger partial charge in [-0.25, -0.2) is 4.98 Å². The van der Waals surface area contributed by atoms with Gasteiger partial charge in [0.2, 0.25) is 5.91 Å². The van der Waals surface area contributed by atoms with E-state index in [1.807, 2.05) is 6.26 Å². The molecule has 0 saturated carbocycles. The SMILES string of the molecule is CSCC[C@H](N)C(N)=O.N[C@@H](Cc1c[nH]cn1)C(=O)O. The number of carbonyl (C=O) groups is 2. The van der Waals surface area contributed by atoms with E-state index in [1.54, 1.807) is 18.0 Å². The fraction of sp³-hybridized carbons (Fsp3) is 0.545. The van der Waals surface area contributed by atoms with Crippen molar-refractivity contribution in [1.82, 2.24) is 9.97 Å². The van der Waals surface area contributed by atoms with Crippen molar-refractivity contribution in [3.8, 4) is 0 Å². The first-order valence-corrected chi connectivity index (χ1v) is 7.27. The summed E-state index contributed by atoms with van der Waals surface area (Å²) in [7, 11) is 0. The fourth-order valence-corrected chi connectivity index (χ4v) is 1.59. The lowest BCUT2D eigenvalue weighted by Gasteiger charge is -2.03. The third-order valence-corrected chi connectivity index (χ3v) is 2.94. The van der Waals surface area contributed by atoms with Gasteiger partial charge in [0, 0.05) is 12.6 Å². The van der Waals surface area contributed by atoms with E-state index in [0.29, 0.717) is 12.1 Å². The Bertz CT molecular complexity index is 399. The predicted molar refractivity (Wildman–Crippen MR) is 78.1 cm³/mol. The molecule has 0 aliphatic rings. The molecule has 0 unspecified atom stereocenters. The lowest BCUT2D eigenvalue weighted by Crippen LogP contribution is -2.36. The van der Waals surface area contributed by atoms with Gasteiger partial charge in [0.15, 0.2) is 0 Å². The van der Waals surface area contributed by atoms with Crippen LogP contribution in [-0.4, -0.2) is 51.0 Å². The molecule has 9 heteroatoms. The summed E-state index contributed by atoms with van der Waals surface area (Å²) in [6, 6.07) is -1.32. The summed E-state index contributed by atoms with van der Waals surface area (Å²) in [5.74, 6) is -0.526. The molecular formula is C11H21N5O3S. The van der Waals surface area contributed by atoms with Crippen LogP contribution in [0, 0.1) is 0 Å². The summed E-state index contributed by atoms with van der Waals surface area (Å²) in [6.07, 6.45) is 6.02. The summed E-state index contributed by atoms with van der Waals surface area (Å²) in [6.45, 7) is 0. The molecule has 0 radical (unpaired) electrons. The molecule has 2 atom stereocenters. The molecule has 0 aliphatic carbocycles. The third-order valence-electron chi connectivity index (χ3n) is 2.30. The van der Waals surface area contributed by atoms with Crippen LogP contribution in [-0.2, 0) is 16.0 Å². The number of nitrogens with one attached hydrogen (secondary N) is 1. The number of carbonyl (C=O) groups excluding carboxylic acids is 1. The number of rotatable bonds is 7. The van der Waals surface area contributed by atoms with E-state index in [2.05, 4.69) is 9.97 Å². The average Bonchev–Trinajstić information content (AvgIpc) is 2.89. The van der Waals surface area contributed by atoms with Crippen molar-refractivity contribution in [1.29, 1.82) is 0 Å². The van der Waals surface area contributed by atoms with Crippen molar-refractivity contribution >= 4 is 23.6 Å². The Morgan fingerprint density at radius 2 is 2.10 bits per heavy atom. The van der Waals surface area contributed by atoms with Gasteiger partial charge in [-0.3, -0.25) is 9.59 Å². The maximum absolute atomic E-state index is 10.3. The molecule has 0 saturated heterocycles. The summed E-state index contributed by atoms with van der Waals surface area (Å²) < 4.78 is 0. The molecule has 8 nitrogen and oxygen atoms in total. The van der Waals surface area contributed by atoms with Crippen molar-refractivity contribution in [2.24, 2.45) is 17.2 Å². The number of amides is 1. The minimum absolute atomic E-state index is 0.263. The number of nitrogens with two attached hydrogens (primary N) is 3. The lowest BCUT2D eigenvalue weighted by molar-refractivity contribution is -0.138. The largest absolute Gasteiger partial charge is 0.480 e. The van der Waals surface area contributed by atoms with Gasteiger partial charge < -0.3 is 27.3 Å². The van der Waals surface area contributed by atoms with E-state index in [0.717, 1.165) is 5.75 Å². The Balaban J connectivity index is 0.000000370. The van der Waals surface area contributed by atoms with Gasteiger partial charge in [0.05, 0.1) is 18.1 Å². The highest BCUT2D eigenvalue weighted by atomic mass is 32.2. The highest BCUT2D eigenvalue weighted by Gasteiger charge is 2.12. The molecule has 1 amide bonds. The highest BCUT2D eigenvalue weighted by Crippen LogP contribution is 1.97. The summed E-state index contributed by atoms with van der Waals surface area (Å²) in [5, 5.41) is 8.42. The Hall–Kier alpha value is -1.58. The first-order chi connectivity index (χ1) is 9.38. The average molecular weight is 303 g/mol. The zero-order chi connectivity index (χ0) is 15.5. The lowest BCUT2D eigenvalue weighted by atomic mass is 10.2. The zero-order valence-electron chi connectivity index (χ0n) is 11.3. The van der Waals surface area contributed by atoms with Crippen LogP contribution >= 0.6 is 11.8 Å². The van der Waals surface area contributed by atoms with Gasteiger partial charge in [-0.1, -0.05) is 0 Å². The second-order valence-corrected chi connectivity index (χ2v) is 4.99. The number of aromatic nitrogens is 2. The van der Waals surface area contributed by atoms with Crippen LogP contribution in [0.3, 0.4) is 0 Å². The van der Waals surface area contributed by atoms with E-state index < -0.39 is 24.0 Å². The van der Waals surface area contributed by atoms with Crippen molar-refractivity contribution < 1.29 is 14.7 Å². The van der Waals surface area contributed by atoms with Gasteiger partial charge in [0.1, 0.15) is 6.04 Å². The molecule has 114 valence electrons. The maximum atomic E-state index is 10.3. The van der Waals surface area contributed by atoms with E-state index >= 15 is 0 Å². The Labute approximate surface area is 121 Å². The first kappa shape index (κ1) is 18.4. The number of aliphatic carboxylic acids is 1. The highest BCUT2D eigenvalue weighted by molar-refractivity contribution is 7.98. The van der Waals surface area contributed by atoms with E-state index in [1.165, 1.54) is 6.33 Å². The van der Waals surface area contributed by atoms with Crippen LogP contribution in [0.15, 0.2) is 12.5 Å². The van der Waals surface area contributed by atoms with Crippen molar-refractivity contribution in [2.75, 3.05) is 12.0 Å². The fourth-order valence-electron chi connectivity index (χ4n) is 1.10. The number of carboxylic acid groups (broad SMARTS) is 1. The van der Waals surface area contributed by atoms with Crippen LogP contribution < -0.4 is 17.2 Å². The number of hydrogen-bond donors (Lipinski definition) is 5. The van der Waals surface area contributed by atoms with Gasteiger partial charge in [-0.2, -0.15) is 11.8 Å². The number of carboxylic acids is 1. The summed E-state index contributed by atoms with van der Waals surface area (Å²) in [4.78, 5) is 27.1. The number of aromatic amines is 1. The van der Waals surface area contributed by atoms with Gasteiger partial charge >= 0.3 is 5.97 Å². The Morgan fingerprint density at radius 3 is 2.50 bits per heavy atom. The van der Waals surface area contributed by atoms with E-state index in [9.17, 15) is 9.59 Å². The van der Waals surface area contributed by atoms with Crippen molar-refractivity contribution in [3.63, 3.8) is 0 Å². The summed E-state index contributed by atoms with van der Waals surface area (Å²) in [5.41, 5.74) is 16.1. The molecule has 1 rings (SSSR count). The number of H-pyrrole nitrogens is 1. The molecule has 0 aromatic carbocycles. The van der Waals surface area contributed by atoms with Crippen LogP contribution in [0.1, 0.15) is 12.1 Å². The maximum Gasteiger partial charge on any atom is 0.320 e.